The molecule has 0 bridgehead atoms. The summed E-state index contributed by atoms with van der Waals surface area (Å²) in [6.07, 6.45) is 1.16. The number of halogens is 1. The number of amides is 1. The zero-order valence-electron chi connectivity index (χ0n) is 20.4. The van der Waals surface area contributed by atoms with Crippen LogP contribution in [0, 0.1) is 0 Å². The summed E-state index contributed by atoms with van der Waals surface area (Å²) in [4.78, 5) is 39.4. The Morgan fingerprint density at radius 1 is 1.08 bits per heavy atom. The quantitative estimate of drug-likeness (QED) is 0.241. The van der Waals surface area contributed by atoms with Crippen molar-refractivity contribution in [3.63, 3.8) is 0 Å². The molecule has 0 radical (unpaired) electrons. The van der Waals surface area contributed by atoms with E-state index in [4.69, 9.17) is 25.8 Å². The highest BCUT2D eigenvalue weighted by molar-refractivity contribution is 7.09. The van der Waals surface area contributed by atoms with E-state index in [1.807, 2.05) is 17.5 Å². The van der Waals surface area contributed by atoms with E-state index in [1.165, 1.54) is 18.4 Å². The van der Waals surface area contributed by atoms with Crippen LogP contribution in [0.5, 0.6) is 0 Å². The van der Waals surface area contributed by atoms with Crippen molar-refractivity contribution >= 4 is 52.2 Å². The Kier molecular flexibility index (Phi) is 9.85. The number of thiophene rings is 1. The van der Waals surface area contributed by atoms with Gasteiger partial charge in [0.15, 0.2) is 6.04 Å². The van der Waals surface area contributed by atoms with Crippen molar-refractivity contribution in [2.24, 2.45) is 0 Å². The van der Waals surface area contributed by atoms with Gasteiger partial charge in [0.2, 0.25) is 11.5 Å². The van der Waals surface area contributed by atoms with E-state index in [1.54, 1.807) is 55.5 Å². The predicted octanol–water partition coefficient (Wildman–Crippen LogP) is 5.15. The molecule has 194 valence electrons. The van der Waals surface area contributed by atoms with Crippen LogP contribution in [0.3, 0.4) is 0 Å². The fraction of sp³-hybridized carbons (Fsp3) is 0.222. The largest absolute Gasteiger partial charge is 0.467 e. The van der Waals surface area contributed by atoms with E-state index in [0.29, 0.717) is 22.0 Å². The number of carbonyl (C=O) groups excluding carboxylic acids is 3. The van der Waals surface area contributed by atoms with Gasteiger partial charge in [-0.2, -0.15) is 0 Å². The summed E-state index contributed by atoms with van der Waals surface area (Å²) in [5.41, 5.74) is -0.600. The number of rotatable bonds is 12. The topological polar surface area (TPSA) is 103 Å². The van der Waals surface area contributed by atoms with Crippen LogP contribution >= 0.6 is 22.9 Å². The molecule has 0 aliphatic carbocycles. The number of carbonyl (C=O) groups is 3. The van der Waals surface area contributed by atoms with Crippen LogP contribution in [0.25, 0.3) is 0 Å². The van der Waals surface area contributed by atoms with Gasteiger partial charge < -0.3 is 24.8 Å². The van der Waals surface area contributed by atoms with Crippen molar-refractivity contribution in [3.8, 4) is 0 Å². The second-order valence-corrected chi connectivity index (χ2v) is 9.17. The van der Waals surface area contributed by atoms with Crippen molar-refractivity contribution < 1.29 is 28.6 Å². The summed E-state index contributed by atoms with van der Waals surface area (Å²) in [6.45, 7) is 5.20. The molecule has 1 heterocycles. The number of benzene rings is 2. The molecule has 8 nitrogen and oxygen atoms in total. The molecule has 0 saturated carbocycles. The maximum Gasteiger partial charge on any atom is 0.345 e. The molecule has 3 rings (SSSR count). The summed E-state index contributed by atoms with van der Waals surface area (Å²) in [7, 11) is 1.22. The third-order valence-electron chi connectivity index (χ3n) is 5.36. The van der Waals surface area contributed by atoms with Crippen LogP contribution < -0.4 is 10.6 Å². The lowest BCUT2D eigenvalue weighted by molar-refractivity contribution is -0.183. The van der Waals surface area contributed by atoms with Gasteiger partial charge in [0.25, 0.3) is 0 Å². The molecule has 2 atom stereocenters. The first-order valence-corrected chi connectivity index (χ1v) is 12.6. The summed E-state index contributed by atoms with van der Waals surface area (Å²) in [5.74, 6) is -1.88. The Hall–Kier alpha value is -3.66. The van der Waals surface area contributed by atoms with Gasteiger partial charge in [-0.3, -0.25) is 4.79 Å². The lowest BCUT2D eigenvalue weighted by atomic mass is 9.85. The van der Waals surface area contributed by atoms with Gasteiger partial charge in [-0.05, 0) is 66.4 Å². The second-order valence-electron chi connectivity index (χ2n) is 7.70. The summed E-state index contributed by atoms with van der Waals surface area (Å²) in [5, 5.41) is 8.07. The average Bonchev–Trinajstić information content (AvgIpc) is 3.43. The van der Waals surface area contributed by atoms with Crippen molar-refractivity contribution in [2.45, 2.75) is 25.2 Å². The highest BCUT2D eigenvalue weighted by Gasteiger charge is 2.54. The molecule has 1 amide bonds. The SMILES string of the molecule is C=CC(=O)Nc1ccc(NC(C(=O)OCC)C(OCc2cccs2)(C(=O)OC)c2ccc(Cl)cc2)cc1. The van der Waals surface area contributed by atoms with E-state index >= 15 is 0 Å². The average molecular weight is 543 g/mol. The van der Waals surface area contributed by atoms with Gasteiger partial charge in [-0.25, -0.2) is 9.59 Å². The number of hydrogen-bond acceptors (Lipinski definition) is 8. The fourth-order valence-electron chi connectivity index (χ4n) is 3.62. The van der Waals surface area contributed by atoms with E-state index < -0.39 is 23.6 Å². The maximum atomic E-state index is 13.5. The Balaban J connectivity index is 2.10. The fourth-order valence-corrected chi connectivity index (χ4v) is 4.36. The first kappa shape index (κ1) is 27.9. The van der Waals surface area contributed by atoms with Gasteiger partial charge in [0.05, 0.1) is 20.3 Å². The number of hydrogen-bond donors (Lipinski definition) is 2. The van der Waals surface area contributed by atoms with Crippen LogP contribution in [0.4, 0.5) is 11.4 Å². The highest BCUT2D eigenvalue weighted by atomic mass is 35.5. The summed E-state index contributed by atoms with van der Waals surface area (Å²) < 4.78 is 16.9. The standard InChI is InChI=1S/C27H27ClN2O6S/c1-4-23(31)29-20-12-14-21(15-13-20)30-24(25(32)35-5-2)27(26(33)34-3,18-8-10-19(28)11-9-18)36-17-22-7-6-16-37-22/h4,6-16,24,30H,1,5,17H2,2-3H3,(H,29,31). The van der Waals surface area contributed by atoms with E-state index in [2.05, 4.69) is 17.2 Å². The molecule has 10 heteroatoms. The van der Waals surface area contributed by atoms with Crippen LogP contribution in [0.1, 0.15) is 17.4 Å². The first-order valence-electron chi connectivity index (χ1n) is 11.3. The van der Waals surface area contributed by atoms with Crippen LogP contribution in [0.2, 0.25) is 5.02 Å². The van der Waals surface area contributed by atoms with Crippen molar-refractivity contribution in [1.29, 1.82) is 0 Å². The molecular formula is C27H27ClN2O6S. The minimum atomic E-state index is -1.94. The molecule has 0 fully saturated rings. The maximum absolute atomic E-state index is 13.5. The Morgan fingerprint density at radius 2 is 1.76 bits per heavy atom. The number of nitrogens with one attached hydrogen (secondary N) is 2. The Bertz CT molecular complexity index is 1210. The predicted molar refractivity (Wildman–Crippen MR) is 144 cm³/mol. The van der Waals surface area contributed by atoms with Gasteiger partial charge >= 0.3 is 11.9 Å². The van der Waals surface area contributed by atoms with Gasteiger partial charge in [0, 0.05) is 21.3 Å². The highest BCUT2D eigenvalue weighted by Crippen LogP contribution is 2.36. The Morgan fingerprint density at radius 3 is 2.32 bits per heavy atom. The van der Waals surface area contributed by atoms with Gasteiger partial charge in [-0.1, -0.05) is 36.4 Å². The van der Waals surface area contributed by atoms with Gasteiger partial charge in [0.1, 0.15) is 0 Å². The van der Waals surface area contributed by atoms with Gasteiger partial charge in [-0.15, -0.1) is 11.3 Å². The number of methoxy groups -OCH3 is 1. The Labute approximate surface area is 224 Å². The lowest BCUT2D eigenvalue weighted by Gasteiger charge is -2.37. The molecule has 0 spiro atoms. The molecule has 0 aliphatic rings. The van der Waals surface area contributed by atoms with E-state index in [9.17, 15) is 14.4 Å². The minimum absolute atomic E-state index is 0.0273. The number of esters is 2. The molecule has 0 aliphatic heterocycles. The van der Waals surface area contributed by atoms with Crippen molar-refractivity contribution in [1.82, 2.24) is 0 Å². The monoisotopic (exact) mass is 542 g/mol. The van der Waals surface area contributed by atoms with Crippen LogP contribution in [0.15, 0.2) is 78.7 Å². The smallest absolute Gasteiger partial charge is 0.345 e. The second kappa shape index (κ2) is 13.0. The lowest BCUT2D eigenvalue weighted by Crippen LogP contribution is -2.57. The minimum Gasteiger partial charge on any atom is -0.467 e. The molecule has 2 N–H and O–H groups in total. The molecular weight excluding hydrogens is 516 g/mol. The zero-order chi connectivity index (χ0) is 26.8. The first-order chi connectivity index (χ1) is 17.8. The van der Waals surface area contributed by atoms with Crippen LogP contribution in [-0.2, 0) is 40.8 Å². The molecule has 37 heavy (non-hydrogen) atoms. The molecule has 2 unspecified atom stereocenters. The molecule has 3 aromatic rings. The summed E-state index contributed by atoms with van der Waals surface area (Å²) >= 11 is 7.56. The van der Waals surface area contributed by atoms with Crippen molar-refractivity contribution in [2.75, 3.05) is 24.4 Å². The van der Waals surface area contributed by atoms with E-state index in [-0.39, 0.29) is 19.1 Å². The molecule has 1 aromatic heterocycles. The number of ether oxygens (including phenoxy) is 3. The third kappa shape index (κ3) is 6.76. The third-order valence-corrected chi connectivity index (χ3v) is 6.46. The van der Waals surface area contributed by atoms with Crippen LogP contribution in [-0.4, -0.2) is 37.6 Å². The van der Waals surface area contributed by atoms with Crippen molar-refractivity contribution in [3.05, 3.63) is 94.2 Å². The summed E-state index contributed by atoms with van der Waals surface area (Å²) in [6, 6.07) is 15.4. The number of anilines is 2. The zero-order valence-corrected chi connectivity index (χ0v) is 21.9. The van der Waals surface area contributed by atoms with E-state index in [0.717, 1.165) is 11.0 Å². The normalized spacial score (nSPS) is 13.1. The molecule has 2 aromatic carbocycles. The molecule has 0 saturated heterocycles.